The maximum Gasteiger partial charge on any atom is 0.115 e. The zero-order valence-corrected chi connectivity index (χ0v) is 34.7. The molecular weight excluding hydrogens is 741 g/mol. The molecule has 2 nitrogen and oxygen atoms in total. The van der Waals surface area contributed by atoms with E-state index in [1.54, 1.807) is 0 Å². The third-order valence-electron chi connectivity index (χ3n) is 13.4. The maximum atomic E-state index is 2.57. The van der Waals surface area contributed by atoms with E-state index in [0.717, 1.165) is 11.4 Å². The van der Waals surface area contributed by atoms with Crippen molar-refractivity contribution in [3.05, 3.63) is 241 Å². The highest BCUT2D eigenvalue weighted by Gasteiger charge is 2.54. The summed E-state index contributed by atoms with van der Waals surface area (Å²) < 4.78 is 2.54. The lowest BCUT2D eigenvalue weighted by molar-refractivity contribution is 0.732. The van der Waals surface area contributed by atoms with Crippen LogP contribution in [0.25, 0.3) is 49.7 Å². The number of anilines is 3. The number of hydrogen-bond donors (Lipinski definition) is 0. The molecule has 0 radical (unpaired) electrons. The molecule has 3 heteroatoms. The number of nitrogens with zero attached hydrogens (tertiary/aromatic N) is 2. The van der Waals surface area contributed by atoms with Gasteiger partial charge in [0.25, 0.3) is 0 Å². The molecule has 2 aliphatic rings. The van der Waals surface area contributed by atoms with Crippen molar-refractivity contribution < 1.29 is 0 Å². The van der Waals surface area contributed by atoms with Crippen LogP contribution >= 0.6 is 0 Å². The van der Waals surface area contributed by atoms with Crippen LogP contribution in [0.3, 0.4) is 0 Å². The molecule has 284 valence electrons. The largest absolute Gasteiger partial charge is 0.311 e. The van der Waals surface area contributed by atoms with Crippen molar-refractivity contribution in [1.82, 2.24) is 4.57 Å². The van der Waals surface area contributed by atoms with Gasteiger partial charge < -0.3 is 9.47 Å². The van der Waals surface area contributed by atoms with Gasteiger partial charge >= 0.3 is 0 Å². The summed E-state index contributed by atoms with van der Waals surface area (Å²) in [6.45, 7) is 5.14. The second-order valence-corrected chi connectivity index (χ2v) is 21.1. The molecule has 0 bridgehead atoms. The standard InChI is InChI=1S/C57H42N2Si/c1-60(2)54-30-14-11-24-48(54)57(47-23-10-13-28-52(47)59-51-27-12-9-21-45(51)46-22-15-25-49(57)55(46)59)50-26-16-29-53(56(50)60)58(43-19-7-4-8-20-43)44-37-35-42(36-38-44)41-33-31-40(32-34-41)39-17-5-3-6-18-39/h3-38H,1-2H3. The van der Waals surface area contributed by atoms with Gasteiger partial charge in [0.2, 0.25) is 0 Å². The summed E-state index contributed by atoms with van der Waals surface area (Å²) in [5, 5.41) is 5.56. The first-order chi connectivity index (χ1) is 29.5. The number of fused-ring (bicyclic) bond motifs is 11. The molecule has 9 aromatic carbocycles. The van der Waals surface area contributed by atoms with E-state index in [2.05, 4.69) is 241 Å². The van der Waals surface area contributed by atoms with Crippen molar-refractivity contribution in [3.63, 3.8) is 0 Å². The summed E-state index contributed by atoms with van der Waals surface area (Å²) in [6, 6.07) is 81.4. The summed E-state index contributed by atoms with van der Waals surface area (Å²) in [5.74, 6) is 0. The predicted molar refractivity (Wildman–Crippen MR) is 255 cm³/mol. The molecule has 10 aromatic rings. The van der Waals surface area contributed by atoms with Gasteiger partial charge in [-0.3, -0.25) is 0 Å². The van der Waals surface area contributed by atoms with Gasteiger partial charge in [-0.15, -0.1) is 0 Å². The van der Waals surface area contributed by atoms with E-state index in [0.29, 0.717) is 0 Å². The van der Waals surface area contributed by atoms with Crippen molar-refractivity contribution in [2.24, 2.45) is 0 Å². The molecule has 0 fully saturated rings. The van der Waals surface area contributed by atoms with Crippen molar-refractivity contribution in [1.29, 1.82) is 0 Å². The first-order valence-electron chi connectivity index (χ1n) is 21.0. The van der Waals surface area contributed by atoms with Crippen LogP contribution in [0.5, 0.6) is 0 Å². The van der Waals surface area contributed by atoms with Gasteiger partial charge in [0.15, 0.2) is 0 Å². The van der Waals surface area contributed by atoms with Crippen LogP contribution < -0.4 is 15.3 Å². The Morgan fingerprint density at radius 1 is 0.400 bits per heavy atom. The number of rotatable bonds is 5. The Labute approximate surface area is 352 Å². The van der Waals surface area contributed by atoms with Gasteiger partial charge in [0.1, 0.15) is 8.07 Å². The Morgan fingerprint density at radius 3 is 1.67 bits per heavy atom. The zero-order chi connectivity index (χ0) is 40.0. The van der Waals surface area contributed by atoms with Crippen LogP contribution in [0.15, 0.2) is 218 Å². The van der Waals surface area contributed by atoms with Gasteiger partial charge in [0, 0.05) is 27.8 Å². The molecule has 2 aliphatic heterocycles. The lowest BCUT2D eigenvalue weighted by Crippen LogP contribution is -2.64. The molecule has 3 heterocycles. The highest BCUT2D eigenvalue weighted by atomic mass is 28.3. The van der Waals surface area contributed by atoms with E-state index >= 15 is 0 Å². The fourth-order valence-corrected chi connectivity index (χ4v) is 14.4. The van der Waals surface area contributed by atoms with Crippen LogP contribution in [0.4, 0.5) is 17.1 Å². The van der Waals surface area contributed by atoms with E-state index in [9.17, 15) is 0 Å². The Morgan fingerprint density at radius 2 is 0.917 bits per heavy atom. The average molecular weight is 783 g/mol. The average Bonchev–Trinajstić information content (AvgIpc) is 3.65. The van der Waals surface area contributed by atoms with Crippen LogP contribution in [0, 0.1) is 0 Å². The lowest BCUT2D eigenvalue weighted by atomic mass is 9.62. The van der Waals surface area contributed by atoms with Crippen molar-refractivity contribution in [2.45, 2.75) is 18.5 Å². The minimum atomic E-state index is -2.39. The van der Waals surface area contributed by atoms with E-state index in [1.807, 2.05) is 0 Å². The van der Waals surface area contributed by atoms with Gasteiger partial charge in [-0.2, -0.15) is 0 Å². The third-order valence-corrected chi connectivity index (χ3v) is 17.0. The SMILES string of the molecule is C[Si]1(C)c2ccccc2C2(c3ccccc3-n3c4ccccc4c4cccc2c43)c2cccc(N(c3ccccc3)c3ccc(-c4ccc(-c5ccccc5)cc4)cc3)c21. The Hall–Kier alpha value is -7.20. The quantitative estimate of drug-likeness (QED) is 0.158. The molecule has 0 amide bonds. The zero-order valence-electron chi connectivity index (χ0n) is 33.7. The van der Waals surface area contributed by atoms with E-state index < -0.39 is 13.5 Å². The highest BCUT2D eigenvalue weighted by Crippen LogP contribution is 2.56. The summed E-state index contributed by atoms with van der Waals surface area (Å²) in [4.78, 5) is 2.52. The summed E-state index contributed by atoms with van der Waals surface area (Å²) in [6.07, 6.45) is 0. The van der Waals surface area contributed by atoms with Gasteiger partial charge in [-0.25, -0.2) is 0 Å². The van der Waals surface area contributed by atoms with Crippen LogP contribution in [-0.4, -0.2) is 12.6 Å². The number of aromatic nitrogens is 1. The molecule has 0 saturated carbocycles. The first-order valence-corrected chi connectivity index (χ1v) is 24.0. The fraction of sp³-hybridized carbons (Fsp3) is 0.0526. The predicted octanol–water partition coefficient (Wildman–Crippen LogP) is 13.4. The number of benzene rings is 9. The van der Waals surface area contributed by atoms with Crippen LogP contribution in [0.2, 0.25) is 13.1 Å². The Balaban J connectivity index is 1.11. The van der Waals surface area contributed by atoms with Crippen LogP contribution in [0.1, 0.15) is 22.3 Å². The monoisotopic (exact) mass is 782 g/mol. The molecule has 1 aromatic heterocycles. The van der Waals surface area contributed by atoms with E-state index in [4.69, 9.17) is 0 Å². The van der Waals surface area contributed by atoms with Gasteiger partial charge in [0.05, 0.1) is 22.1 Å². The first kappa shape index (κ1) is 34.8. The molecule has 60 heavy (non-hydrogen) atoms. The molecular formula is C57H42N2Si. The topological polar surface area (TPSA) is 8.17 Å². The molecule has 0 N–H and O–H groups in total. The van der Waals surface area contributed by atoms with E-state index in [1.165, 1.54) is 88.1 Å². The Kier molecular flexibility index (Phi) is 7.63. The summed E-state index contributed by atoms with van der Waals surface area (Å²) >= 11 is 0. The molecule has 1 unspecified atom stereocenters. The van der Waals surface area contributed by atoms with Gasteiger partial charge in [-0.1, -0.05) is 189 Å². The number of hydrogen-bond acceptors (Lipinski definition) is 1. The molecule has 12 rings (SSSR count). The molecule has 0 saturated heterocycles. The molecule has 1 spiro atoms. The summed E-state index contributed by atoms with van der Waals surface area (Å²) in [7, 11) is -2.39. The van der Waals surface area contributed by atoms with Crippen molar-refractivity contribution in [2.75, 3.05) is 4.90 Å². The number of para-hydroxylation sites is 4. The fourth-order valence-electron chi connectivity index (χ4n) is 10.9. The highest BCUT2D eigenvalue weighted by molar-refractivity contribution is 7.02. The van der Waals surface area contributed by atoms with Crippen molar-refractivity contribution >= 4 is 57.3 Å². The maximum absolute atomic E-state index is 2.57. The van der Waals surface area contributed by atoms with E-state index in [-0.39, 0.29) is 0 Å². The smallest absolute Gasteiger partial charge is 0.115 e. The molecule has 1 atom stereocenters. The third kappa shape index (κ3) is 4.81. The summed E-state index contributed by atoms with van der Waals surface area (Å²) in [5.41, 5.74) is 17.2. The second-order valence-electron chi connectivity index (χ2n) is 16.9. The van der Waals surface area contributed by atoms with Gasteiger partial charge in [-0.05, 0) is 97.3 Å². The van der Waals surface area contributed by atoms with Crippen molar-refractivity contribution in [3.8, 4) is 27.9 Å². The minimum absolute atomic E-state index is 0.539. The molecule has 0 aliphatic carbocycles. The second kappa shape index (κ2) is 13.2. The normalized spacial score (nSPS) is 15.7. The minimum Gasteiger partial charge on any atom is -0.311 e. The lowest BCUT2D eigenvalue weighted by Gasteiger charge is -2.50. The van der Waals surface area contributed by atoms with Crippen LogP contribution in [-0.2, 0) is 5.41 Å². The Bertz CT molecular complexity index is 3270.